The van der Waals surface area contributed by atoms with Crippen LogP contribution >= 0.6 is 11.3 Å². The van der Waals surface area contributed by atoms with Crippen LogP contribution in [0.15, 0.2) is 0 Å². The van der Waals surface area contributed by atoms with E-state index >= 15 is 0 Å². The van der Waals surface area contributed by atoms with Crippen molar-refractivity contribution in [3.63, 3.8) is 0 Å². The highest BCUT2D eigenvalue weighted by Gasteiger charge is 2.22. The maximum Gasteiger partial charge on any atom is 0.228 e. The summed E-state index contributed by atoms with van der Waals surface area (Å²) in [6.07, 6.45) is 0.915. The lowest BCUT2D eigenvalue weighted by atomic mass is 10.1. The molecule has 3 heterocycles. The number of thiophene rings is 1. The highest BCUT2D eigenvalue weighted by Crippen LogP contribution is 2.38. The standard InChI is InChI=1S/C16H23N5OS/c1-10(2)13-11(3)12-14(17-4)18-16(19-15(12)23-13)21-7-5-20(9-22)6-8-21/h9-10H,5-8H2,1-4H3,(H,17,18,19). The van der Waals surface area contributed by atoms with E-state index in [4.69, 9.17) is 9.97 Å². The Balaban J connectivity index is 2.01. The van der Waals surface area contributed by atoms with Gasteiger partial charge in [-0.3, -0.25) is 4.79 Å². The fraction of sp³-hybridized carbons (Fsp3) is 0.562. The van der Waals surface area contributed by atoms with Gasteiger partial charge >= 0.3 is 0 Å². The van der Waals surface area contributed by atoms with Crippen LogP contribution in [0.25, 0.3) is 10.2 Å². The number of anilines is 2. The summed E-state index contributed by atoms with van der Waals surface area (Å²) in [5.41, 5.74) is 1.28. The quantitative estimate of drug-likeness (QED) is 0.871. The zero-order chi connectivity index (χ0) is 16.6. The minimum Gasteiger partial charge on any atom is -0.372 e. The smallest absolute Gasteiger partial charge is 0.228 e. The molecule has 2 aromatic rings. The average Bonchev–Trinajstić information content (AvgIpc) is 2.91. The topological polar surface area (TPSA) is 61.4 Å². The van der Waals surface area contributed by atoms with Crippen LogP contribution in [-0.2, 0) is 4.79 Å². The summed E-state index contributed by atoms with van der Waals surface area (Å²) in [6.45, 7) is 9.57. The third kappa shape index (κ3) is 2.85. The van der Waals surface area contributed by atoms with Gasteiger partial charge in [-0.1, -0.05) is 13.8 Å². The molecule has 1 saturated heterocycles. The van der Waals surface area contributed by atoms with Gasteiger partial charge in [0.25, 0.3) is 0 Å². The Bertz CT molecular complexity index is 719. The summed E-state index contributed by atoms with van der Waals surface area (Å²) in [5, 5.41) is 4.36. The fourth-order valence-electron chi connectivity index (χ4n) is 3.05. The zero-order valence-corrected chi connectivity index (χ0v) is 14.9. The van der Waals surface area contributed by atoms with Crippen LogP contribution < -0.4 is 10.2 Å². The molecule has 7 heteroatoms. The summed E-state index contributed by atoms with van der Waals surface area (Å²) in [6, 6.07) is 0. The molecule has 0 atom stereocenters. The lowest BCUT2D eigenvalue weighted by molar-refractivity contribution is -0.118. The highest BCUT2D eigenvalue weighted by atomic mass is 32.1. The van der Waals surface area contributed by atoms with E-state index in [0.717, 1.165) is 54.6 Å². The number of hydrogen-bond donors (Lipinski definition) is 1. The Labute approximate surface area is 140 Å². The average molecular weight is 333 g/mol. The van der Waals surface area contributed by atoms with Crippen LogP contribution in [0.4, 0.5) is 11.8 Å². The van der Waals surface area contributed by atoms with E-state index in [9.17, 15) is 4.79 Å². The second-order valence-corrected chi connectivity index (χ2v) is 7.21. The first kappa shape index (κ1) is 16.0. The summed E-state index contributed by atoms with van der Waals surface area (Å²) >= 11 is 1.76. The minimum absolute atomic E-state index is 0.485. The van der Waals surface area contributed by atoms with Crippen molar-refractivity contribution in [1.29, 1.82) is 0 Å². The van der Waals surface area contributed by atoms with Gasteiger partial charge in [0, 0.05) is 38.1 Å². The second-order valence-electron chi connectivity index (χ2n) is 6.18. The molecule has 0 radical (unpaired) electrons. The lowest BCUT2D eigenvalue weighted by Gasteiger charge is -2.32. The maximum atomic E-state index is 10.9. The maximum absolute atomic E-state index is 10.9. The Kier molecular flexibility index (Phi) is 4.39. The predicted molar refractivity (Wildman–Crippen MR) is 95.6 cm³/mol. The molecule has 124 valence electrons. The largest absolute Gasteiger partial charge is 0.372 e. The summed E-state index contributed by atoms with van der Waals surface area (Å²) in [7, 11) is 1.90. The molecular weight excluding hydrogens is 310 g/mol. The number of nitrogens with one attached hydrogen (secondary N) is 1. The van der Waals surface area contributed by atoms with Crippen LogP contribution in [0.3, 0.4) is 0 Å². The van der Waals surface area contributed by atoms with Crippen molar-refractivity contribution in [2.75, 3.05) is 43.4 Å². The first-order valence-corrected chi connectivity index (χ1v) is 8.79. The van der Waals surface area contributed by atoms with Gasteiger partial charge in [0.05, 0.1) is 5.39 Å². The number of hydrogen-bond acceptors (Lipinski definition) is 6. The van der Waals surface area contributed by atoms with Gasteiger partial charge in [-0.05, 0) is 18.4 Å². The van der Waals surface area contributed by atoms with Crippen molar-refractivity contribution >= 4 is 39.7 Å². The molecule has 1 aliphatic heterocycles. The number of aryl methyl sites for hydroxylation is 1. The fourth-order valence-corrected chi connectivity index (χ4v) is 4.22. The van der Waals surface area contributed by atoms with E-state index in [0.29, 0.717) is 5.92 Å². The van der Waals surface area contributed by atoms with Crippen molar-refractivity contribution in [1.82, 2.24) is 14.9 Å². The molecule has 1 fully saturated rings. The van der Waals surface area contributed by atoms with Crippen LogP contribution in [0, 0.1) is 6.92 Å². The zero-order valence-electron chi connectivity index (χ0n) is 14.1. The van der Waals surface area contributed by atoms with E-state index in [-0.39, 0.29) is 0 Å². The second kappa shape index (κ2) is 6.31. The van der Waals surface area contributed by atoms with Crippen LogP contribution in [0.2, 0.25) is 0 Å². The molecule has 1 N–H and O–H groups in total. The van der Waals surface area contributed by atoms with Gasteiger partial charge in [0.15, 0.2) is 0 Å². The molecule has 0 bridgehead atoms. The van der Waals surface area contributed by atoms with Crippen molar-refractivity contribution in [2.24, 2.45) is 0 Å². The molecule has 0 unspecified atom stereocenters. The van der Waals surface area contributed by atoms with Crippen molar-refractivity contribution in [3.05, 3.63) is 10.4 Å². The normalized spacial score (nSPS) is 15.5. The summed E-state index contributed by atoms with van der Waals surface area (Å²) in [4.78, 5) is 26.7. The van der Waals surface area contributed by atoms with E-state index < -0.39 is 0 Å². The first-order valence-electron chi connectivity index (χ1n) is 7.98. The molecule has 0 aliphatic carbocycles. The SMILES string of the molecule is CNc1nc(N2CCN(C=O)CC2)nc2sc(C(C)C)c(C)c12. The van der Waals surface area contributed by atoms with Gasteiger partial charge in [0.1, 0.15) is 10.6 Å². The Hall–Kier alpha value is -1.89. The Morgan fingerprint density at radius 1 is 1.22 bits per heavy atom. The van der Waals surface area contributed by atoms with Crippen molar-refractivity contribution in [2.45, 2.75) is 26.7 Å². The van der Waals surface area contributed by atoms with E-state index in [1.165, 1.54) is 10.4 Å². The third-order valence-electron chi connectivity index (χ3n) is 4.32. The predicted octanol–water partition coefficient (Wildman–Crippen LogP) is 2.44. The molecule has 1 amide bonds. The molecule has 0 aromatic carbocycles. The molecule has 6 nitrogen and oxygen atoms in total. The number of carbonyl (C=O) groups excluding carboxylic acids is 1. The molecular formula is C16H23N5OS. The molecule has 0 spiro atoms. The van der Waals surface area contributed by atoms with Crippen molar-refractivity contribution < 1.29 is 4.79 Å². The van der Waals surface area contributed by atoms with Gasteiger partial charge in [-0.15, -0.1) is 11.3 Å². The number of nitrogens with zero attached hydrogens (tertiary/aromatic N) is 4. The molecule has 1 aliphatic rings. The van der Waals surface area contributed by atoms with Gasteiger partial charge < -0.3 is 15.1 Å². The molecule has 3 rings (SSSR count). The van der Waals surface area contributed by atoms with Crippen LogP contribution in [-0.4, -0.2) is 54.5 Å². The number of rotatable bonds is 4. The van der Waals surface area contributed by atoms with Gasteiger partial charge in [-0.2, -0.15) is 4.98 Å². The number of carbonyl (C=O) groups is 1. The Morgan fingerprint density at radius 2 is 1.91 bits per heavy atom. The Morgan fingerprint density at radius 3 is 2.48 bits per heavy atom. The van der Waals surface area contributed by atoms with E-state index in [1.807, 2.05) is 7.05 Å². The number of piperazine rings is 1. The number of aromatic nitrogens is 2. The molecule has 0 saturated carbocycles. The number of amides is 1. The first-order chi connectivity index (χ1) is 11.0. The van der Waals surface area contributed by atoms with Gasteiger partial charge in [-0.25, -0.2) is 4.98 Å². The van der Waals surface area contributed by atoms with Crippen LogP contribution in [0.1, 0.15) is 30.2 Å². The number of fused-ring (bicyclic) bond motifs is 1. The summed E-state index contributed by atoms with van der Waals surface area (Å²) < 4.78 is 0. The lowest BCUT2D eigenvalue weighted by Crippen LogP contribution is -2.46. The van der Waals surface area contributed by atoms with E-state index in [2.05, 4.69) is 31.0 Å². The van der Waals surface area contributed by atoms with Crippen LogP contribution in [0.5, 0.6) is 0 Å². The van der Waals surface area contributed by atoms with Gasteiger partial charge in [0.2, 0.25) is 12.4 Å². The van der Waals surface area contributed by atoms with E-state index in [1.54, 1.807) is 16.2 Å². The highest BCUT2D eigenvalue weighted by molar-refractivity contribution is 7.19. The van der Waals surface area contributed by atoms with Crippen molar-refractivity contribution in [3.8, 4) is 0 Å². The minimum atomic E-state index is 0.485. The molecule has 2 aromatic heterocycles. The molecule has 23 heavy (non-hydrogen) atoms. The monoisotopic (exact) mass is 333 g/mol. The third-order valence-corrected chi connectivity index (χ3v) is 5.81. The summed E-state index contributed by atoms with van der Waals surface area (Å²) in [5.74, 6) is 2.13.